The number of carbonyl (C=O) groups excluding carboxylic acids is 1. The molecular formula is C18H16N2O8. The lowest BCUT2D eigenvalue weighted by Crippen LogP contribution is -2.34. The monoisotopic (exact) mass is 388 g/mol. The van der Waals surface area contributed by atoms with Crippen molar-refractivity contribution < 1.29 is 34.4 Å². The second-order valence-electron chi connectivity index (χ2n) is 6.15. The Kier molecular flexibility index (Phi) is 5.14. The van der Waals surface area contributed by atoms with E-state index < -0.39 is 47.4 Å². The summed E-state index contributed by atoms with van der Waals surface area (Å²) in [6.45, 7) is -0.741. The first kappa shape index (κ1) is 19.1. The smallest absolute Gasteiger partial charge is 0.335 e. The Hall–Kier alpha value is -3.66. The molecule has 2 aromatic rings. The number of aromatic hydroxyl groups is 1. The number of carbonyl (C=O) groups is 3. The summed E-state index contributed by atoms with van der Waals surface area (Å²) in [5.74, 6) is -3.89. The summed E-state index contributed by atoms with van der Waals surface area (Å²) in [7, 11) is 0. The van der Waals surface area contributed by atoms with E-state index in [4.69, 9.17) is 14.9 Å². The van der Waals surface area contributed by atoms with Crippen LogP contribution in [-0.4, -0.2) is 44.7 Å². The highest BCUT2D eigenvalue weighted by molar-refractivity contribution is 5.98. The highest BCUT2D eigenvalue weighted by Gasteiger charge is 2.31. The van der Waals surface area contributed by atoms with Crippen LogP contribution in [0.15, 0.2) is 29.1 Å². The molecule has 28 heavy (non-hydrogen) atoms. The van der Waals surface area contributed by atoms with Crippen LogP contribution >= 0.6 is 0 Å². The maximum absolute atomic E-state index is 12.3. The maximum Gasteiger partial charge on any atom is 0.335 e. The zero-order valence-corrected chi connectivity index (χ0v) is 14.4. The highest BCUT2D eigenvalue weighted by atomic mass is 16.5. The normalized spacial score (nSPS) is 15.1. The molecule has 1 aromatic carbocycles. The lowest BCUT2D eigenvalue weighted by molar-refractivity contribution is -0.135. The van der Waals surface area contributed by atoms with Gasteiger partial charge in [-0.1, -0.05) is 12.1 Å². The molecule has 0 fully saturated rings. The molecule has 146 valence electrons. The Balaban J connectivity index is 1.85. The van der Waals surface area contributed by atoms with E-state index in [1.165, 1.54) is 12.1 Å². The number of amides is 1. The predicted molar refractivity (Wildman–Crippen MR) is 93.3 cm³/mol. The number of carboxylic acids is 2. The van der Waals surface area contributed by atoms with Crippen LogP contribution in [0.5, 0.6) is 5.75 Å². The first-order valence-electron chi connectivity index (χ1n) is 8.19. The van der Waals surface area contributed by atoms with Gasteiger partial charge in [0, 0.05) is 12.0 Å². The second kappa shape index (κ2) is 7.53. The van der Waals surface area contributed by atoms with Crippen LogP contribution in [0.3, 0.4) is 0 Å². The average molecular weight is 388 g/mol. The summed E-state index contributed by atoms with van der Waals surface area (Å²) in [6, 6.07) is 6.14. The number of pyridine rings is 1. The number of benzene rings is 1. The molecule has 10 nitrogen and oxygen atoms in total. The lowest BCUT2D eigenvalue weighted by Gasteiger charge is -2.12. The molecule has 0 spiro atoms. The summed E-state index contributed by atoms with van der Waals surface area (Å²) >= 11 is 0. The van der Waals surface area contributed by atoms with Gasteiger partial charge in [-0.15, -0.1) is 0 Å². The van der Waals surface area contributed by atoms with Gasteiger partial charge in [-0.3, -0.25) is 14.4 Å². The fraction of sp³-hybridized carbons (Fsp3) is 0.222. The number of aromatic carboxylic acids is 1. The predicted octanol–water partition coefficient (Wildman–Crippen LogP) is 0.407. The third-order valence-corrected chi connectivity index (χ3v) is 4.32. The molecule has 1 aliphatic heterocycles. The molecular weight excluding hydrogens is 372 g/mol. The molecule has 0 saturated heterocycles. The number of H-pyrrole nitrogens is 1. The minimum atomic E-state index is -1.29. The standard InChI is InChI=1S/C18H16N2O8/c21-12(22)6-19-16(24)13-15(23)10-7-28-11(14(10)20-17(13)25)5-8-1-3-9(4-2-8)18(26)27/h1-4,11H,5-7H2,(H,19,24)(H,21,22)(H,26,27)(H2,20,23,25). The minimum absolute atomic E-state index is 0.0466. The van der Waals surface area contributed by atoms with E-state index in [1.54, 1.807) is 12.1 Å². The second-order valence-corrected chi connectivity index (χ2v) is 6.15. The van der Waals surface area contributed by atoms with Crippen LogP contribution in [0.2, 0.25) is 0 Å². The number of hydrogen-bond acceptors (Lipinski definition) is 6. The highest BCUT2D eigenvalue weighted by Crippen LogP contribution is 2.36. The molecule has 1 aliphatic rings. The maximum atomic E-state index is 12.3. The molecule has 1 amide bonds. The SMILES string of the molecule is O=C(O)CNC(=O)c1c(O)c2c([nH]c1=O)C(Cc1ccc(C(=O)O)cc1)OC2. The van der Waals surface area contributed by atoms with Crippen molar-refractivity contribution in [1.29, 1.82) is 0 Å². The fourth-order valence-corrected chi connectivity index (χ4v) is 2.95. The van der Waals surface area contributed by atoms with Gasteiger partial charge in [0.05, 0.1) is 17.9 Å². The van der Waals surface area contributed by atoms with Gasteiger partial charge in [0.25, 0.3) is 11.5 Å². The Bertz CT molecular complexity index is 1010. The minimum Gasteiger partial charge on any atom is -0.506 e. The van der Waals surface area contributed by atoms with Crippen LogP contribution in [-0.2, 0) is 22.6 Å². The number of aliphatic carboxylic acids is 1. The molecule has 0 radical (unpaired) electrons. The van der Waals surface area contributed by atoms with Gasteiger partial charge < -0.3 is 30.4 Å². The zero-order valence-electron chi connectivity index (χ0n) is 14.4. The van der Waals surface area contributed by atoms with Gasteiger partial charge in [-0.05, 0) is 17.7 Å². The summed E-state index contributed by atoms with van der Waals surface area (Å²) in [5.41, 5.74) is 0.0174. The number of ether oxygens (including phenoxy) is 1. The number of rotatable bonds is 6. The van der Waals surface area contributed by atoms with Gasteiger partial charge in [0.2, 0.25) is 0 Å². The molecule has 0 bridgehead atoms. The topological polar surface area (TPSA) is 166 Å². The van der Waals surface area contributed by atoms with E-state index in [0.29, 0.717) is 12.1 Å². The lowest BCUT2D eigenvalue weighted by atomic mass is 10.0. The molecule has 3 rings (SSSR count). The zero-order chi connectivity index (χ0) is 20.4. The number of hydrogen-bond donors (Lipinski definition) is 5. The van der Waals surface area contributed by atoms with Crippen molar-refractivity contribution in [2.24, 2.45) is 0 Å². The van der Waals surface area contributed by atoms with Crippen molar-refractivity contribution in [3.63, 3.8) is 0 Å². The molecule has 0 saturated carbocycles. The Morgan fingerprint density at radius 2 is 1.86 bits per heavy atom. The first-order valence-corrected chi connectivity index (χ1v) is 8.19. The Morgan fingerprint density at radius 3 is 2.46 bits per heavy atom. The van der Waals surface area contributed by atoms with Crippen LogP contribution in [0.4, 0.5) is 0 Å². The van der Waals surface area contributed by atoms with Gasteiger partial charge >= 0.3 is 11.9 Å². The quantitative estimate of drug-likeness (QED) is 0.474. The number of aromatic nitrogens is 1. The molecule has 10 heteroatoms. The van der Waals surface area contributed by atoms with Gasteiger partial charge in [-0.2, -0.15) is 0 Å². The van der Waals surface area contributed by atoms with E-state index in [1.807, 2.05) is 5.32 Å². The van der Waals surface area contributed by atoms with Gasteiger partial charge in [0.15, 0.2) is 0 Å². The molecule has 1 atom stereocenters. The fourth-order valence-electron chi connectivity index (χ4n) is 2.95. The van der Waals surface area contributed by atoms with Crippen LogP contribution in [0, 0.1) is 0 Å². The van der Waals surface area contributed by atoms with E-state index in [9.17, 15) is 24.3 Å². The molecule has 1 aromatic heterocycles. The van der Waals surface area contributed by atoms with Crippen molar-refractivity contribution in [2.75, 3.05) is 6.54 Å². The van der Waals surface area contributed by atoms with Crippen molar-refractivity contribution in [3.8, 4) is 5.75 Å². The van der Waals surface area contributed by atoms with Crippen LogP contribution in [0.1, 0.15) is 43.6 Å². The summed E-state index contributed by atoms with van der Waals surface area (Å²) in [5, 5.41) is 29.9. The van der Waals surface area contributed by atoms with E-state index >= 15 is 0 Å². The van der Waals surface area contributed by atoms with E-state index in [2.05, 4.69) is 4.98 Å². The number of carboxylic acid groups (broad SMARTS) is 2. The van der Waals surface area contributed by atoms with Gasteiger partial charge in [0.1, 0.15) is 24.0 Å². The molecule has 1 unspecified atom stereocenters. The van der Waals surface area contributed by atoms with Crippen molar-refractivity contribution in [1.82, 2.24) is 10.3 Å². The number of fused-ring (bicyclic) bond motifs is 1. The Morgan fingerprint density at radius 1 is 1.18 bits per heavy atom. The van der Waals surface area contributed by atoms with Crippen LogP contribution < -0.4 is 10.9 Å². The van der Waals surface area contributed by atoms with E-state index in [-0.39, 0.29) is 17.7 Å². The molecule has 0 aliphatic carbocycles. The van der Waals surface area contributed by atoms with Crippen molar-refractivity contribution in [3.05, 3.63) is 62.6 Å². The summed E-state index contributed by atoms with van der Waals surface area (Å²) in [6.07, 6.45) is -0.285. The van der Waals surface area contributed by atoms with Crippen LogP contribution in [0.25, 0.3) is 0 Å². The van der Waals surface area contributed by atoms with E-state index in [0.717, 1.165) is 5.56 Å². The molecule has 2 heterocycles. The summed E-state index contributed by atoms with van der Waals surface area (Å²) in [4.78, 5) is 48.2. The van der Waals surface area contributed by atoms with Crippen molar-refractivity contribution >= 4 is 17.8 Å². The average Bonchev–Trinajstić information content (AvgIpc) is 3.03. The molecule has 5 N–H and O–H groups in total. The first-order chi connectivity index (χ1) is 13.3. The number of aromatic amines is 1. The largest absolute Gasteiger partial charge is 0.506 e. The van der Waals surface area contributed by atoms with Crippen molar-refractivity contribution in [2.45, 2.75) is 19.1 Å². The third kappa shape index (κ3) is 3.71. The number of nitrogens with one attached hydrogen (secondary N) is 2. The van der Waals surface area contributed by atoms with Gasteiger partial charge in [-0.25, -0.2) is 4.79 Å². The third-order valence-electron chi connectivity index (χ3n) is 4.32. The Labute approximate surface area is 157 Å². The summed E-state index contributed by atoms with van der Waals surface area (Å²) < 4.78 is 5.60.